The highest BCUT2D eigenvalue weighted by molar-refractivity contribution is 5.82. The van der Waals surface area contributed by atoms with E-state index in [2.05, 4.69) is 4.99 Å². The molecule has 0 fully saturated rings. The maximum Gasteiger partial charge on any atom is 0.339 e. The van der Waals surface area contributed by atoms with Gasteiger partial charge in [-0.3, -0.25) is 36.9 Å². The zero-order chi connectivity index (χ0) is 11.8. The molecule has 11 N–H and O–H groups in total. The minimum Gasteiger partial charge on any atom is -0.294 e. The van der Waals surface area contributed by atoms with Gasteiger partial charge in [-0.05, 0) is 6.42 Å². The third-order valence-corrected chi connectivity index (χ3v) is 1.62. The second kappa shape index (κ2) is 6.56. The van der Waals surface area contributed by atoms with Gasteiger partial charge in [0.1, 0.15) is 0 Å². The number of guanidine groups is 1. The van der Waals surface area contributed by atoms with Crippen LogP contribution in [0, 0.1) is 0 Å². The fraction of sp³-hybridized carbons (Fsp3) is 0.500. The van der Waals surface area contributed by atoms with Crippen LogP contribution in [0.4, 0.5) is 0 Å². The van der Waals surface area contributed by atoms with Gasteiger partial charge in [0.2, 0.25) is 5.91 Å². The Kier molecular flexibility index (Phi) is 5.75. The van der Waals surface area contributed by atoms with Crippen molar-refractivity contribution in [1.82, 2.24) is 10.9 Å². The van der Waals surface area contributed by atoms with Crippen molar-refractivity contribution < 1.29 is 14.6 Å². The molecule has 0 aliphatic rings. The van der Waals surface area contributed by atoms with Crippen LogP contribution in [0.15, 0.2) is 0 Å². The summed E-state index contributed by atoms with van der Waals surface area (Å²) < 4.78 is 0. The number of hydrazine groups is 2. The molecular weight excluding hydrogens is 202 g/mol. The molecule has 0 aromatic heterocycles. The van der Waals surface area contributed by atoms with E-state index in [4.69, 9.17) is 23.2 Å². The van der Waals surface area contributed by atoms with E-state index in [1.165, 1.54) is 0 Å². The highest BCUT2D eigenvalue weighted by Gasteiger charge is 2.19. The first kappa shape index (κ1) is 13.1. The molecule has 0 saturated heterocycles. The van der Waals surface area contributed by atoms with Crippen LogP contribution in [0.3, 0.4) is 0 Å². The monoisotopic (exact) mass is 218 g/mol. The van der Waals surface area contributed by atoms with E-state index in [1.54, 1.807) is 0 Å². The molecule has 0 aromatic rings. The first-order chi connectivity index (χ1) is 7.01. The van der Waals surface area contributed by atoms with E-state index in [-0.39, 0.29) is 18.8 Å². The summed E-state index contributed by atoms with van der Waals surface area (Å²) >= 11 is 0. The maximum atomic E-state index is 11.2. The number of nitrogens with two attached hydrogens (primary N) is 4. The lowest BCUT2D eigenvalue weighted by Crippen LogP contribution is -2.86. The zero-order valence-corrected chi connectivity index (χ0v) is 8.12. The molecule has 0 bridgehead atoms. The molecule has 0 saturated carbocycles. The molecule has 0 aromatic carbocycles. The molecule has 0 aliphatic heterocycles. The second-order valence-corrected chi connectivity index (χ2v) is 2.77. The Hall–Kier alpha value is -1.87. The number of nitrogens with one attached hydrogen (secondary N) is 3. The van der Waals surface area contributed by atoms with Crippen LogP contribution < -0.4 is 39.0 Å². The smallest absolute Gasteiger partial charge is 0.294 e. The average Bonchev–Trinajstić information content (AvgIpc) is 2.21. The van der Waals surface area contributed by atoms with Gasteiger partial charge in [-0.1, -0.05) is 0 Å². The maximum absolute atomic E-state index is 11.2. The molecule has 9 nitrogen and oxygen atoms in total. The summed E-state index contributed by atoms with van der Waals surface area (Å²) in [6, 6.07) is -0.766. The summed E-state index contributed by atoms with van der Waals surface area (Å²) in [4.78, 5) is 24.4. The van der Waals surface area contributed by atoms with Gasteiger partial charge in [0, 0.05) is 6.42 Å². The van der Waals surface area contributed by atoms with E-state index >= 15 is 0 Å². The molecule has 9 heteroatoms. The Morgan fingerprint density at radius 3 is 2.20 bits per heavy atom. The molecule has 0 unspecified atom stereocenters. The Labute approximate surface area is 86.2 Å². The Balaban J connectivity index is 4.32. The summed E-state index contributed by atoms with van der Waals surface area (Å²) in [5.74, 6) is 8.75. The summed E-state index contributed by atoms with van der Waals surface area (Å²) in [7, 11) is 0. The van der Waals surface area contributed by atoms with Gasteiger partial charge in [-0.15, -0.1) is 0 Å². The van der Waals surface area contributed by atoms with Crippen molar-refractivity contribution in [2.75, 3.05) is 0 Å². The van der Waals surface area contributed by atoms with Crippen LogP contribution in [0.25, 0.3) is 0 Å². The first-order valence-corrected chi connectivity index (χ1v) is 4.15. The summed E-state index contributed by atoms with van der Waals surface area (Å²) in [6.45, 7) is 0. The van der Waals surface area contributed by atoms with Crippen molar-refractivity contribution in [3.63, 3.8) is 0 Å². The van der Waals surface area contributed by atoms with Crippen molar-refractivity contribution in [2.24, 2.45) is 23.2 Å². The Morgan fingerprint density at radius 2 is 1.80 bits per heavy atom. The predicted octanol–water partition coefficient (Wildman–Crippen LogP) is -5.53. The van der Waals surface area contributed by atoms with Crippen LogP contribution in [0.5, 0.6) is 0 Å². The number of carbonyl (C=O) groups excluding carboxylic acids is 2. The van der Waals surface area contributed by atoms with Crippen molar-refractivity contribution in [3.8, 4) is 0 Å². The fourth-order valence-corrected chi connectivity index (χ4v) is 0.918. The van der Waals surface area contributed by atoms with Crippen LogP contribution in [0.2, 0.25) is 0 Å². The van der Waals surface area contributed by atoms with E-state index in [0.717, 1.165) is 0 Å². The van der Waals surface area contributed by atoms with Crippen LogP contribution in [0.1, 0.15) is 12.8 Å². The van der Waals surface area contributed by atoms with E-state index in [1.807, 2.05) is 10.9 Å². The van der Waals surface area contributed by atoms with Gasteiger partial charge in [0.25, 0.3) is 5.91 Å². The quantitative estimate of drug-likeness (QED) is 0.0795. The van der Waals surface area contributed by atoms with Crippen molar-refractivity contribution in [3.05, 3.63) is 0 Å². The van der Waals surface area contributed by atoms with Crippen LogP contribution in [-0.4, -0.2) is 23.8 Å². The van der Waals surface area contributed by atoms with E-state index in [0.29, 0.717) is 0 Å². The van der Waals surface area contributed by atoms with E-state index < -0.39 is 17.9 Å². The fourth-order valence-electron chi connectivity index (χ4n) is 0.918. The van der Waals surface area contributed by atoms with Crippen molar-refractivity contribution in [1.29, 1.82) is 0 Å². The molecule has 2 amide bonds. The van der Waals surface area contributed by atoms with Crippen LogP contribution in [-0.2, 0) is 9.59 Å². The molecule has 86 valence electrons. The topological polar surface area (TPSA) is 176 Å². The van der Waals surface area contributed by atoms with Crippen LogP contribution >= 0.6 is 0 Å². The lowest BCUT2D eigenvalue weighted by atomic mass is 10.1. The Bertz CT molecular complexity index is 260. The van der Waals surface area contributed by atoms with E-state index in [9.17, 15) is 9.59 Å². The summed E-state index contributed by atoms with van der Waals surface area (Å²) in [6.07, 6.45) is 0.221. The zero-order valence-electron chi connectivity index (χ0n) is 8.12. The highest BCUT2D eigenvalue weighted by atomic mass is 16.2. The van der Waals surface area contributed by atoms with Crippen molar-refractivity contribution >= 4 is 17.8 Å². The number of carbonyl (C=O) groups is 2. The van der Waals surface area contributed by atoms with Gasteiger partial charge >= 0.3 is 5.96 Å². The largest absolute Gasteiger partial charge is 0.339 e. The lowest BCUT2D eigenvalue weighted by Gasteiger charge is -2.08. The molecule has 0 radical (unpaired) electrons. The molecule has 15 heavy (non-hydrogen) atoms. The number of rotatable bonds is 5. The highest BCUT2D eigenvalue weighted by Crippen LogP contribution is 1.91. The lowest BCUT2D eigenvalue weighted by molar-refractivity contribution is -0.490. The van der Waals surface area contributed by atoms with Gasteiger partial charge in [-0.2, -0.15) is 0 Å². The van der Waals surface area contributed by atoms with Gasteiger partial charge in [0.05, 0.1) is 0 Å². The standard InChI is InChI=1S/C6H15N7O2/c7-6(8)11-3(5(15)13-10)1-2-4(14)12-9/h3H,1-2,9-10H2,(H,12,14)(H,13,15)(H4,7,8,11)/p+1/t3-/m0/s1. The SMILES string of the molecule is NNC(=O)CC[C@H]([NH+]=C(N)N)C(=O)NN. The number of amides is 2. The number of hydrogen-bond donors (Lipinski definition) is 7. The third-order valence-electron chi connectivity index (χ3n) is 1.62. The average molecular weight is 218 g/mol. The number of hydrogen-bond acceptors (Lipinski definition) is 4. The molecule has 0 aliphatic carbocycles. The molecule has 1 atom stereocenters. The summed E-state index contributed by atoms with van der Waals surface area (Å²) in [5, 5.41) is 0. The van der Waals surface area contributed by atoms with Crippen molar-refractivity contribution in [2.45, 2.75) is 18.9 Å². The third kappa shape index (κ3) is 5.44. The van der Waals surface area contributed by atoms with Gasteiger partial charge < -0.3 is 0 Å². The molecule has 0 heterocycles. The minimum absolute atomic E-state index is 0.0505. The molecule has 0 spiro atoms. The van der Waals surface area contributed by atoms with Gasteiger partial charge in [-0.25, -0.2) is 11.7 Å². The predicted molar refractivity (Wildman–Crippen MR) is 52.0 cm³/mol. The minimum atomic E-state index is -0.766. The van der Waals surface area contributed by atoms with Gasteiger partial charge in [0.15, 0.2) is 6.04 Å². The summed E-state index contributed by atoms with van der Waals surface area (Å²) in [5.41, 5.74) is 14.2. The Morgan fingerprint density at radius 1 is 1.20 bits per heavy atom. The molecular formula is C6H16N7O2+. The first-order valence-electron chi connectivity index (χ1n) is 4.15. The normalized spacial score (nSPS) is 11.3. The molecule has 0 rings (SSSR count). The second-order valence-electron chi connectivity index (χ2n) is 2.77.